The fourth-order valence-electron chi connectivity index (χ4n) is 12.9. The molecule has 2 aliphatic heterocycles. The Kier molecular flexibility index (Phi) is 16.1. The highest BCUT2D eigenvalue weighted by Gasteiger charge is 2.50. The Morgan fingerprint density at radius 1 is 0.963 bits per heavy atom. The fraction of sp³-hybridized carbons (Fsp3) is 0.508. The van der Waals surface area contributed by atoms with Crippen molar-refractivity contribution in [1.82, 2.24) is 34.5 Å². The number of rotatable bonds is 19. The Labute approximate surface area is 474 Å². The summed E-state index contributed by atoms with van der Waals surface area (Å²) in [6, 6.07) is 19.5. The molecule has 2 saturated heterocycles. The average molecular weight is 1130 g/mol. The van der Waals surface area contributed by atoms with Gasteiger partial charge in [0.1, 0.15) is 27.9 Å². The number of anilines is 2. The quantitative estimate of drug-likeness (QED) is 0.0478. The van der Waals surface area contributed by atoms with Crippen LogP contribution in [0.25, 0.3) is 11.0 Å². The number of ether oxygens (including phenoxy) is 3. The summed E-state index contributed by atoms with van der Waals surface area (Å²) in [5.41, 5.74) is 5.50. The number of methoxy groups -OCH3 is 1. The van der Waals surface area contributed by atoms with Gasteiger partial charge in [0.05, 0.1) is 49.2 Å². The molecule has 2 unspecified atom stereocenters. The first-order valence-electron chi connectivity index (χ1n) is 28.9. The topological polar surface area (TPSA) is 215 Å². The second kappa shape index (κ2) is 23.1. The maximum Gasteiger partial charge on any atom is 0.268 e. The van der Waals surface area contributed by atoms with Crippen LogP contribution in [0.5, 0.6) is 23.1 Å². The van der Waals surface area contributed by atoms with E-state index in [4.69, 9.17) is 19.2 Å². The van der Waals surface area contributed by atoms with Gasteiger partial charge in [-0.3, -0.25) is 19.6 Å². The van der Waals surface area contributed by atoms with Crippen molar-refractivity contribution in [3.05, 3.63) is 118 Å². The molecule has 0 bridgehead atoms. The van der Waals surface area contributed by atoms with E-state index in [0.29, 0.717) is 37.3 Å². The van der Waals surface area contributed by atoms with Crippen molar-refractivity contribution in [2.24, 2.45) is 11.3 Å². The first-order valence-corrected chi connectivity index (χ1v) is 30.4. The highest BCUT2D eigenvalue weighted by Crippen LogP contribution is 2.54. The molecule has 11 rings (SSSR count). The van der Waals surface area contributed by atoms with Gasteiger partial charge in [-0.05, 0) is 130 Å². The predicted molar refractivity (Wildman–Crippen MR) is 309 cm³/mol. The van der Waals surface area contributed by atoms with Crippen molar-refractivity contribution in [2.75, 3.05) is 70.2 Å². The van der Waals surface area contributed by atoms with Gasteiger partial charge in [0.2, 0.25) is 0 Å². The summed E-state index contributed by atoms with van der Waals surface area (Å²) < 4.78 is 63.5. The molecule has 3 saturated carbocycles. The smallest absolute Gasteiger partial charge is 0.268 e. The molecule has 6 heterocycles. The number of benzene rings is 2. The van der Waals surface area contributed by atoms with Gasteiger partial charge < -0.3 is 44.8 Å². The number of halogens is 1. The molecule has 81 heavy (non-hydrogen) atoms. The van der Waals surface area contributed by atoms with Crippen molar-refractivity contribution in [1.29, 1.82) is 0 Å². The van der Waals surface area contributed by atoms with E-state index in [1.54, 1.807) is 26.2 Å². The van der Waals surface area contributed by atoms with Gasteiger partial charge in [-0.1, -0.05) is 38.1 Å². The third-order valence-corrected chi connectivity index (χ3v) is 19.1. The second-order valence-corrected chi connectivity index (χ2v) is 25.6. The van der Waals surface area contributed by atoms with E-state index in [0.717, 1.165) is 101 Å². The van der Waals surface area contributed by atoms with Crippen LogP contribution in [0.1, 0.15) is 143 Å². The summed E-state index contributed by atoms with van der Waals surface area (Å²) in [6.45, 7) is 14.0. The molecule has 2 atom stereocenters. The largest absolute Gasteiger partial charge is 0.629 e. The third-order valence-electron chi connectivity index (χ3n) is 17.8. The number of hydrogen-bond donors (Lipinski definition) is 5. The molecule has 18 nitrogen and oxygen atoms in total. The number of quaternary nitrogens is 1. The van der Waals surface area contributed by atoms with Gasteiger partial charge in [0.25, 0.3) is 21.8 Å². The number of aromatic nitrogens is 4. The van der Waals surface area contributed by atoms with Gasteiger partial charge in [0, 0.05) is 100 Å². The van der Waals surface area contributed by atoms with E-state index in [9.17, 15) is 23.5 Å². The number of amides is 1. The monoisotopic (exact) mass is 1130 g/mol. The number of sulfonamides is 1. The van der Waals surface area contributed by atoms with Crippen molar-refractivity contribution >= 4 is 44.2 Å². The Bertz CT molecular complexity index is 3360. The predicted octanol–water partition coefficient (Wildman–Crippen LogP) is 9.12. The number of pyridine rings is 3. The summed E-state index contributed by atoms with van der Waals surface area (Å²) in [7, 11) is -1.53. The average Bonchev–Trinajstić information content (AvgIpc) is 4.30. The molecular weight excluding hydrogens is 1050 g/mol. The van der Waals surface area contributed by atoms with Crippen LogP contribution in [-0.4, -0.2) is 121 Å². The molecular formula is C61H77FN10O8S. The van der Waals surface area contributed by atoms with Crippen molar-refractivity contribution in [3.8, 4) is 23.1 Å². The number of aromatic amines is 1. The van der Waals surface area contributed by atoms with Gasteiger partial charge in [-0.25, -0.2) is 22.5 Å². The van der Waals surface area contributed by atoms with Crippen LogP contribution in [0.4, 0.5) is 21.6 Å². The Hall–Kier alpha value is -6.42. The van der Waals surface area contributed by atoms with Crippen LogP contribution in [-0.2, 0) is 16.6 Å². The minimum absolute atomic E-state index is 0.00565. The number of hydrogen-bond acceptors (Lipinski definition) is 15. The minimum atomic E-state index is -4.60. The molecule has 5 N–H and O–H groups in total. The summed E-state index contributed by atoms with van der Waals surface area (Å²) in [5.74, 6) is 0.812. The maximum absolute atomic E-state index is 15.1. The Morgan fingerprint density at radius 3 is 2.44 bits per heavy atom. The molecule has 1 spiro atoms. The number of carbonyl (C=O) groups excluding carboxylic acids is 1. The molecule has 432 valence electrons. The molecule has 5 fully saturated rings. The second-order valence-electron chi connectivity index (χ2n) is 23.9. The molecule has 2 aromatic carbocycles. The van der Waals surface area contributed by atoms with Crippen molar-refractivity contribution in [2.45, 2.75) is 133 Å². The summed E-state index contributed by atoms with van der Waals surface area (Å²) in [4.78, 5) is 38.1. The van der Waals surface area contributed by atoms with Crippen molar-refractivity contribution < 1.29 is 42.0 Å². The molecule has 3 aliphatic carbocycles. The highest BCUT2D eigenvalue weighted by atomic mass is 32.2. The first kappa shape index (κ1) is 56.4. The minimum Gasteiger partial charge on any atom is -0.629 e. The van der Waals surface area contributed by atoms with E-state index in [1.807, 2.05) is 13.1 Å². The molecule has 5 aliphatic rings. The Balaban J connectivity index is 0.804. The van der Waals surface area contributed by atoms with E-state index in [-0.39, 0.29) is 74.4 Å². The Morgan fingerprint density at radius 2 is 1.73 bits per heavy atom. The standard InChI is InChI=1S/C61H77FN10O8S/c1-7-79-59-54(29-48-49(62)35-66-56(48)67-59)80-52-27-42(14-15-47(52)58(73)68-81(76,77)44-28-50(69(5)75)57(65-34-44)64-32-39-16-18-60(4,74)19-17-39)71-22-20-61(21-23-71)30-43(31-61)72-25-24-70(37-51(72)46-11-9-8-10-45(46)38(2)3)36-40-26-53(78-6)55(63-33-40)41-12-13-41/h8-11,14-15,26-29,33-35,38-39,41,43,51,69,74H,7,12-13,16-25,30-32,36-37H2,1-6H3,(H,64,65)(H,66,67)(H,68,73)/t39-,51?,60-. The van der Waals surface area contributed by atoms with Gasteiger partial charge in [-0.15, -0.1) is 0 Å². The van der Waals surface area contributed by atoms with Gasteiger partial charge >= 0.3 is 0 Å². The fourth-order valence-corrected chi connectivity index (χ4v) is 13.9. The lowest BCUT2D eigenvalue weighted by molar-refractivity contribution is -0.751. The van der Waals surface area contributed by atoms with E-state index < -0.39 is 32.4 Å². The van der Waals surface area contributed by atoms with E-state index in [1.165, 1.54) is 61.0 Å². The maximum atomic E-state index is 15.1. The lowest BCUT2D eigenvalue weighted by atomic mass is 9.59. The van der Waals surface area contributed by atoms with Gasteiger partial charge in [0.15, 0.2) is 17.3 Å². The van der Waals surface area contributed by atoms with E-state index in [2.05, 4.69) is 83.9 Å². The number of nitrogens with zero attached hydrogens (tertiary/aromatic N) is 6. The third kappa shape index (κ3) is 12.2. The zero-order valence-corrected chi connectivity index (χ0v) is 48.2. The van der Waals surface area contributed by atoms with Crippen LogP contribution in [0.15, 0.2) is 84.1 Å². The summed E-state index contributed by atoms with van der Waals surface area (Å²) in [6.07, 6.45) is 13.7. The highest BCUT2D eigenvalue weighted by molar-refractivity contribution is 7.90. The van der Waals surface area contributed by atoms with Crippen LogP contribution in [0.3, 0.4) is 0 Å². The SMILES string of the molecule is CCOc1nc2[nH]cc(F)c2cc1Oc1cc(N2CCC3(CC2)CC(N2CCN(Cc4cnc(C5CC5)c(OC)c4)CC2c2ccccc2C(C)C)C3)ccc1C(=O)NS(=O)(=O)c1cnc(NC[C@H]2CC[C@](C)(O)CC2)c([NH+](C)[O-])c1. The van der Waals surface area contributed by atoms with Crippen LogP contribution in [0.2, 0.25) is 0 Å². The van der Waals surface area contributed by atoms with Crippen molar-refractivity contribution in [3.63, 3.8) is 0 Å². The number of hydroxylamine groups is 1. The van der Waals surface area contributed by atoms with Crippen LogP contribution in [0, 0.1) is 22.4 Å². The number of fused-ring (bicyclic) bond motifs is 1. The molecule has 20 heteroatoms. The number of aliphatic hydroxyl groups is 1. The number of piperidine rings is 1. The van der Waals surface area contributed by atoms with Crippen LogP contribution >= 0.6 is 0 Å². The van der Waals surface area contributed by atoms with Crippen LogP contribution < -0.4 is 34.2 Å². The van der Waals surface area contributed by atoms with Gasteiger partial charge in [-0.2, -0.15) is 4.98 Å². The summed E-state index contributed by atoms with van der Waals surface area (Å²) >= 11 is 0. The number of piperazine rings is 1. The normalized spacial score (nSPS) is 22.2. The molecule has 1 amide bonds. The molecule has 6 aromatic rings. The zero-order chi connectivity index (χ0) is 56.8. The van der Waals surface area contributed by atoms with E-state index >= 15 is 4.39 Å². The number of nitrogens with one attached hydrogen (secondary N) is 4. The lowest BCUT2D eigenvalue weighted by Crippen LogP contribution is -2.98. The number of carbonyl (C=O) groups is 1. The number of H-pyrrole nitrogens is 1. The molecule has 4 aromatic heterocycles. The summed E-state index contributed by atoms with van der Waals surface area (Å²) in [5, 5.41) is 26.3. The first-order chi connectivity index (χ1) is 38.9. The zero-order valence-electron chi connectivity index (χ0n) is 47.4. The molecule has 0 radical (unpaired) electrons. The lowest BCUT2D eigenvalue weighted by Gasteiger charge is -2.58.